The van der Waals surface area contributed by atoms with Gasteiger partial charge in [-0.25, -0.2) is 0 Å². The van der Waals surface area contributed by atoms with E-state index in [1.54, 1.807) is 30.3 Å². The number of nitro benzene ring substituents is 1. The highest BCUT2D eigenvalue weighted by Gasteiger charge is 2.07. The van der Waals surface area contributed by atoms with Crippen molar-refractivity contribution in [2.24, 2.45) is 0 Å². The second kappa shape index (κ2) is 5.26. The first-order valence-electron chi connectivity index (χ1n) is 5.62. The Morgan fingerprint density at radius 1 is 1.26 bits per heavy atom. The monoisotopic (exact) mass is 259 g/mol. The van der Waals surface area contributed by atoms with Gasteiger partial charge in [-0.1, -0.05) is 12.1 Å². The molecule has 0 aliphatic rings. The van der Waals surface area contributed by atoms with Gasteiger partial charge in [-0.3, -0.25) is 10.1 Å². The number of nitrogens with two attached hydrogens (primary N) is 1. The molecule has 0 bridgehead atoms. The third kappa shape index (κ3) is 2.92. The summed E-state index contributed by atoms with van der Waals surface area (Å²) >= 11 is 0. The Kier molecular flexibility index (Phi) is 3.51. The first-order chi connectivity index (χ1) is 9.08. The maximum absolute atomic E-state index is 10.7. The van der Waals surface area contributed by atoms with Crippen molar-refractivity contribution in [2.75, 3.05) is 11.1 Å². The zero-order chi connectivity index (χ0) is 13.8. The summed E-state index contributed by atoms with van der Waals surface area (Å²) in [5.41, 5.74) is 7.39. The molecule has 0 fully saturated rings. The summed E-state index contributed by atoms with van der Waals surface area (Å²) < 4.78 is 0. The van der Waals surface area contributed by atoms with Crippen LogP contribution in [0.1, 0.15) is 5.56 Å². The fraction of sp³-hybridized carbons (Fsp3) is 0.0769. The van der Waals surface area contributed by atoms with Crippen molar-refractivity contribution in [1.82, 2.24) is 0 Å². The van der Waals surface area contributed by atoms with Gasteiger partial charge in [-0.2, -0.15) is 0 Å². The number of phenolic OH excluding ortho intramolecular Hbond substituents is 1. The molecule has 0 saturated carbocycles. The molecule has 6 heteroatoms. The molecule has 0 saturated heterocycles. The third-order valence-corrected chi connectivity index (χ3v) is 2.71. The van der Waals surface area contributed by atoms with Crippen LogP contribution in [-0.2, 0) is 6.54 Å². The highest BCUT2D eigenvalue weighted by atomic mass is 16.6. The van der Waals surface area contributed by atoms with Gasteiger partial charge in [0, 0.05) is 35.6 Å². The Hall–Kier alpha value is -2.76. The van der Waals surface area contributed by atoms with Gasteiger partial charge in [-0.05, 0) is 18.2 Å². The van der Waals surface area contributed by atoms with Gasteiger partial charge in [0.2, 0.25) is 0 Å². The normalized spacial score (nSPS) is 10.1. The number of benzene rings is 2. The number of rotatable bonds is 4. The maximum atomic E-state index is 10.7. The summed E-state index contributed by atoms with van der Waals surface area (Å²) in [7, 11) is 0. The number of nitrogen functional groups attached to an aromatic ring is 1. The van der Waals surface area contributed by atoms with Crippen molar-refractivity contribution in [1.29, 1.82) is 0 Å². The van der Waals surface area contributed by atoms with E-state index in [4.69, 9.17) is 5.73 Å². The van der Waals surface area contributed by atoms with Crippen LogP contribution in [0.2, 0.25) is 0 Å². The summed E-state index contributed by atoms with van der Waals surface area (Å²) in [6, 6.07) is 11.0. The standard InChI is InChI=1S/C13H13N3O3/c14-12-5-2-6-13(17)11(12)8-15-9-3-1-4-10(7-9)16(18)19/h1-7,15,17H,8,14H2. The smallest absolute Gasteiger partial charge is 0.271 e. The molecule has 0 radical (unpaired) electrons. The van der Waals surface area contributed by atoms with E-state index in [2.05, 4.69) is 5.32 Å². The molecule has 0 atom stereocenters. The van der Waals surface area contributed by atoms with Crippen LogP contribution in [0.5, 0.6) is 5.75 Å². The molecule has 0 unspecified atom stereocenters. The van der Waals surface area contributed by atoms with E-state index in [0.717, 1.165) is 0 Å². The molecule has 2 aromatic rings. The van der Waals surface area contributed by atoms with Crippen molar-refractivity contribution >= 4 is 17.1 Å². The van der Waals surface area contributed by atoms with Gasteiger partial charge in [0.05, 0.1) is 4.92 Å². The van der Waals surface area contributed by atoms with Crippen molar-refractivity contribution in [3.8, 4) is 5.75 Å². The number of phenols is 1. The van der Waals surface area contributed by atoms with Crippen LogP contribution in [-0.4, -0.2) is 10.0 Å². The largest absolute Gasteiger partial charge is 0.508 e. The first-order valence-corrected chi connectivity index (χ1v) is 5.62. The predicted molar refractivity (Wildman–Crippen MR) is 72.9 cm³/mol. The number of aromatic hydroxyl groups is 1. The average Bonchev–Trinajstić information content (AvgIpc) is 2.38. The summed E-state index contributed by atoms with van der Waals surface area (Å²) in [4.78, 5) is 10.2. The maximum Gasteiger partial charge on any atom is 0.271 e. The topological polar surface area (TPSA) is 101 Å². The van der Waals surface area contributed by atoms with Crippen LogP contribution in [0.3, 0.4) is 0 Å². The van der Waals surface area contributed by atoms with Crippen LogP contribution in [0.25, 0.3) is 0 Å². The minimum atomic E-state index is -0.459. The van der Waals surface area contributed by atoms with E-state index in [-0.39, 0.29) is 11.4 Å². The number of nitrogens with one attached hydrogen (secondary N) is 1. The molecule has 6 nitrogen and oxygen atoms in total. The lowest BCUT2D eigenvalue weighted by Gasteiger charge is -2.10. The number of nitrogens with zero attached hydrogens (tertiary/aromatic N) is 1. The molecule has 98 valence electrons. The molecule has 0 aliphatic carbocycles. The molecular formula is C13H13N3O3. The fourth-order valence-corrected chi connectivity index (χ4v) is 1.70. The lowest BCUT2D eigenvalue weighted by atomic mass is 10.1. The average molecular weight is 259 g/mol. The van der Waals surface area contributed by atoms with Crippen LogP contribution in [0.15, 0.2) is 42.5 Å². The highest BCUT2D eigenvalue weighted by molar-refractivity contribution is 5.57. The van der Waals surface area contributed by atoms with Crippen LogP contribution in [0.4, 0.5) is 17.1 Å². The Morgan fingerprint density at radius 3 is 2.68 bits per heavy atom. The van der Waals surface area contributed by atoms with E-state index < -0.39 is 4.92 Å². The number of non-ortho nitro benzene ring substituents is 1. The number of hydrogen-bond donors (Lipinski definition) is 3. The Labute approximate surface area is 109 Å². The summed E-state index contributed by atoms with van der Waals surface area (Å²) in [5.74, 6) is 0.0953. The number of hydrogen-bond acceptors (Lipinski definition) is 5. The van der Waals surface area contributed by atoms with E-state index in [0.29, 0.717) is 23.5 Å². The molecule has 2 aromatic carbocycles. The van der Waals surface area contributed by atoms with Gasteiger partial charge < -0.3 is 16.2 Å². The van der Waals surface area contributed by atoms with Gasteiger partial charge in [0.25, 0.3) is 5.69 Å². The Morgan fingerprint density at radius 2 is 2.00 bits per heavy atom. The molecule has 0 spiro atoms. The van der Waals surface area contributed by atoms with Crippen molar-refractivity contribution in [2.45, 2.75) is 6.54 Å². The lowest BCUT2D eigenvalue weighted by Crippen LogP contribution is -2.03. The minimum absolute atomic E-state index is 0.00950. The molecule has 4 N–H and O–H groups in total. The molecule has 0 aliphatic heterocycles. The summed E-state index contributed by atoms with van der Waals surface area (Å²) in [5, 5.41) is 23.3. The minimum Gasteiger partial charge on any atom is -0.508 e. The molecule has 19 heavy (non-hydrogen) atoms. The van der Waals surface area contributed by atoms with Gasteiger partial charge in [0.1, 0.15) is 5.75 Å². The molecular weight excluding hydrogens is 246 g/mol. The van der Waals surface area contributed by atoms with Gasteiger partial charge >= 0.3 is 0 Å². The fourth-order valence-electron chi connectivity index (χ4n) is 1.70. The third-order valence-electron chi connectivity index (χ3n) is 2.71. The predicted octanol–water partition coefficient (Wildman–Crippen LogP) is 2.49. The van der Waals surface area contributed by atoms with E-state index in [1.165, 1.54) is 12.1 Å². The zero-order valence-corrected chi connectivity index (χ0v) is 10.0. The van der Waals surface area contributed by atoms with Crippen molar-refractivity contribution in [3.05, 3.63) is 58.1 Å². The van der Waals surface area contributed by atoms with Crippen LogP contribution >= 0.6 is 0 Å². The second-order valence-corrected chi connectivity index (χ2v) is 4.01. The van der Waals surface area contributed by atoms with Crippen molar-refractivity contribution < 1.29 is 10.0 Å². The van der Waals surface area contributed by atoms with E-state index >= 15 is 0 Å². The Balaban J connectivity index is 2.15. The molecule has 0 amide bonds. The second-order valence-electron chi connectivity index (χ2n) is 4.01. The highest BCUT2D eigenvalue weighted by Crippen LogP contribution is 2.24. The number of nitro groups is 1. The number of anilines is 2. The summed E-state index contributed by atoms with van der Waals surface area (Å²) in [6.07, 6.45) is 0. The van der Waals surface area contributed by atoms with E-state index in [9.17, 15) is 15.2 Å². The molecule has 2 rings (SSSR count). The molecule has 0 aromatic heterocycles. The van der Waals surface area contributed by atoms with Gasteiger partial charge in [0.15, 0.2) is 0 Å². The summed E-state index contributed by atoms with van der Waals surface area (Å²) in [6.45, 7) is 0.291. The van der Waals surface area contributed by atoms with Crippen molar-refractivity contribution in [3.63, 3.8) is 0 Å². The molecule has 0 heterocycles. The first kappa shape index (κ1) is 12.7. The quantitative estimate of drug-likeness (QED) is 0.445. The lowest BCUT2D eigenvalue weighted by molar-refractivity contribution is -0.384. The Bertz CT molecular complexity index is 594. The zero-order valence-electron chi connectivity index (χ0n) is 10.0. The van der Waals surface area contributed by atoms with E-state index in [1.807, 2.05) is 0 Å². The van der Waals surface area contributed by atoms with Gasteiger partial charge in [-0.15, -0.1) is 0 Å². The van der Waals surface area contributed by atoms with Crippen LogP contribution < -0.4 is 11.1 Å². The SMILES string of the molecule is Nc1cccc(O)c1CNc1cccc([N+](=O)[O-])c1. The van der Waals surface area contributed by atoms with Crippen LogP contribution in [0, 0.1) is 10.1 Å².